The van der Waals surface area contributed by atoms with Crippen LogP contribution in [-0.2, 0) is 6.54 Å². The summed E-state index contributed by atoms with van der Waals surface area (Å²) in [5.41, 5.74) is 5.15. The quantitative estimate of drug-likeness (QED) is 0.659. The normalized spacial score (nSPS) is 12.8. The molecule has 72 valence electrons. The molecule has 1 heterocycles. The number of hydrogen-bond acceptors (Lipinski definition) is 4. The van der Waals surface area contributed by atoms with Crippen LogP contribution >= 0.6 is 0 Å². The van der Waals surface area contributed by atoms with Gasteiger partial charge in [0.2, 0.25) is 5.95 Å². The minimum Gasteiger partial charge on any atom is -0.396 e. The van der Waals surface area contributed by atoms with E-state index < -0.39 is 0 Å². The molecule has 1 aromatic rings. The first-order chi connectivity index (χ1) is 6.13. The Kier molecular flexibility index (Phi) is 3.02. The third kappa shape index (κ3) is 2.55. The summed E-state index contributed by atoms with van der Waals surface area (Å²) in [6, 6.07) is 1.35. The number of rotatable bonds is 3. The van der Waals surface area contributed by atoms with Crippen molar-refractivity contribution < 1.29 is 5.11 Å². The van der Waals surface area contributed by atoms with Gasteiger partial charge in [0.25, 0.3) is 5.56 Å². The highest BCUT2D eigenvalue weighted by molar-refractivity contribution is 5.15. The van der Waals surface area contributed by atoms with E-state index in [2.05, 4.69) is 4.98 Å². The van der Waals surface area contributed by atoms with E-state index in [-0.39, 0.29) is 24.0 Å². The maximum absolute atomic E-state index is 10.7. The summed E-state index contributed by atoms with van der Waals surface area (Å²) in [7, 11) is 0. The molecule has 0 amide bonds. The molecule has 0 saturated carbocycles. The standard InChI is InChI=1S/C8H13N3O2/c1-6(5-12)4-11-3-2-7(13)10-8(11)9/h2-3,6,12H,4-5H2,1H3,(H2,9,10,13). The highest BCUT2D eigenvalue weighted by atomic mass is 16.3. The van der Waals surface area contributed by atoms with Gasteiger partial charge in [-0.1, -0.05) is 6.92 Å². The van der Waals surface area contributed by atoms with Crippen molar-refractivity contribution in [3.8, 4) is 0 Å². The van der Waals surface area contributed by atoms with Crippen LogP contribution in [0, 0.1) is 5.92 Å². The number of nitrogens with zero attached hydrogens (tertiary/aromatic N) is 2. The molecule has 0 saturated heterocycles. The molecule has 13 heavy (non-hydrogen) atoms. The summed E-state index contributed by atoms with van der Waals surface area (Å²) in [5, 5.41) is 8.81. The average molecular weight is 183 g/mol. The molecule has 1 unspecified atom stereocenters. The van der Waals surface area contributed by atoms with Gasteiger partial charge < -0.3 is 15.4 Å². The van der Waals surface area contributed by atoms with Crippen molar-refractivity contribution in [2.24, 2.45) is 5.92 Å². The number of aromatic nitrogens is 2. The topological polar surface area (TPSA) is 81.1 Å². The minimum absolute atomic E-state index is 0.0889. The Morgan fingerprint density at radius 3 is 3.00 bits per heavy atom. The average Bonchev–Trinajstić information content (AvgIpc) is 2.09. The molecule has 0 fully saturated rings. The fraction of sp³-hybridized carbons (Fsp3) is 0.500. The predicted molar refractivity (Wildman–Crippen MR) is 49.2 cm³/mol. The molecule has 1 rings (SSSR count). The summed E-state index contributed by atoms with van der Waals surface area (Å²) in [5.74, 6) is 0.291. The molecule has 5 nitrogen and oxygen atoms in total. The lowest BCUT2D eigenvalue weighted by molar-refractivity contribution is 0.223. The van der Waals surface area contributed by atoms with Crippen molar-refractivity contribution in [1.29, 1.82) is 0 Å². The summed E-state index contributed by atoms with van der Waals surface area (Å²) in [6.07, 6.45) is 1.58. The Morgan fingerprint density at radius 1 is 1.77 bits per heavy atom. The summed E-state index contributed by atoms with van der Waals surface area (Å²) < 4.78 is 1.64. The molecular formula is C8H13N3O2. The molecule has 0 bridgehead atoms. The second-order valence-electron chi connectivity index (χ2n) is 3.06. The predicted octanol–water partition coefficient (Wildman–Crippen LogP) is -0.546. The van der Waals surface area contributed by atoms with Gasteiger partial charge in [-0.2, -0.15) is 4.98 Å². The number of anilines is 1. The second-order valence-corrected chi connectivity index (χ2v) is 3.06. The van der Waals surface area contributed by atoms with Gasteiger partial charge >= 0.3 is 0 Å². The van der Waals surface area contributed by atoms with Gasteiger partial charge in [-0.15, -0.1) is 0 Å². The van der Waals surface area contributed by atoms with Crippen LogP contribution in [0.2, 0.25) is 0 Å². The lowest BCUT2D eigenvalue weighted by atomic mass is 10.2. The summed E-state index contributed by atoms with van der Waals surface area (Å²) in [4.78, 5) is 14.3. The van der Waals surface area contributed by atoms with Crippen molar-refractivity contribution in [2.45, 2.75) is 13.5 Å². The maximum Gasteiger partial charge on any atom is 0.274 e. The van der Waals surface area contributed by atoms with E-state index in [9.17, 15) is 4.79 Å². The van der Waals surface area contributed by atoms with E-state index in [4.69, 9.17) is 10.8 Å². The van der Waals surface area contributed by atoms with Gasteiger partial charge in [-0.3, -0.25) is 4.79 Å². The van der Waals surface area contributed by atoms with E-state index in [0.29, 0.717) is 6.54 Å². The van der Waals surface area contributed by atoms with Crippen LogP contribution in [0.15, 0.2) is 17.1 Å². The molecule has 5 heteroatoms. The number of aliphatic hydroxyl groups excluding tert-OH is 1. The van der Waals surface area contributed by atoms with Gasteiger partial charge in [0.1, 0.15) is 0 Å². The molecule has 0 aliphatic heterocycles. The lowest BCUT2D eigenvalue weighted by Gasteiger charge is -2.12. The third-order valence-corrected chi connectivity index (χ3v) is 1.74. The Labute approximate surface area is 75.8 Å². The monoisotopic (exact) mass is 183 g/mol. The zero-order valence-electron chi connectivity index (χ0n) is 7.47. The van der Waals surface area contributed by atoms with Crippen LogP contribution in [0.1, 0.15) is 6.92 Å². The molecule has 0 spiro atoms. The van der Waals surface area contributed by atoms with Crippen molar-refractivity contribution in [1.82, 2.24) is 9.55 Å². The Balaban J connectivity index is 2.83. The first kappa shape index (κ1) is 9.73. The molecule has 0 aliphatic carbocycles. The van der Waals surface area contributed by atoms with Crippen molar-refractivity contribution in [3.05, 3.63) is 22.6 Å². The number of aliphatic hydroxyl groups is 1. The number of nitrogens with two attached hydrogens (primary N) is 1. The van der Waals surface area contributed by atoms with Crippen LogP contribution in [0.5, 0.6) is 0 Å². The Bertz CT molecular complexity index is 334. The van der Waals surface area contributed by atoms with E-state index in [1.165, 1.54) is 6.07 Å². The van der Waals surface area contributed by atoms with E-state index >= 15 is 0 Å². The fourth-order valence-corrected chi connectivity index (χ4v) is 0.992. The van der Waals surface area contributed by atoms with Crippen LogP contribution in [0.4, 0.5) is 5.95 Å². The summed E-state index contributed by atoms with van der Waals surface area (Å²) >= 11 is 0. The highest BCUT2D eigenvalue weighted by Gasteiger charge is 2.03. The number of nitrogen functional groups attached to an aromatic ring is 1. The fourth-order valence-electron chi connectivity index (χ4n) is 0.992. The van der Waals surface area contributed by atoms with Crippen LogP contribution in [0.25, 0.3) is 0 Å². The molecule has 1 atom stereocenters. The van der Waals surface area contributed by atoms with E-state index in [1.807, 2.05) is 6.92 Å². The van der Waals surface area contributed by atoms with E-state index in [1.54, 1.807) is 10.8 Å². The first-order valence-corrected chi connectivity index (χ1v) is 4.07. The van der Waals surface area contributed by atoms with Crippen LogP contribution in [0.3, 0.4) is 0 Å². The molecule has 0 radical (unpaired) electrons. The zero-order valence-corrected chi connectivity index (χ0v) is 7.47. The Hall–Kier alpha value is -1.36. The van der Waals surface area contributed by atoms with Crippen molar-refractivity contribution in [3.63, 3.8) is 0 Å². The highest BCUT2D eigenvalue weighted by Crippen LogP contribution is 2.01. The van der Waals surface area contributed by atoms with Crippen LogP contribution in [-0.4, -0.2) is 21.3 Å². The second kappa shape index (κ2) is 4.04. The SMILES string of the molecule is CC(CO)Cn1ccc(=O)nc1N. The molecule has 0 aliphatic rings. The zero-order chi connectivity index (χ0) is 9.84. The Morgan fingerprint density at radius 2 is 2.46 bits per heavy atom. The van der Waals surface area contributed by atoms with Gasteiger partial charge in [-0.05, 0) is 5.92 Å². The molecule has 0 aromatic carbocycles. The van der Waals surface area contributed by atoms with Gasteiger partial charge in [0, 0.05) is 25.4 Å². The van der Waals surface area contributed by atoms with Gasteiger partial charge in [0.05, 0.1) is 0 Å². The van der Waals surface area contributed by atoms with Crippen molar-refractivity contribution >= 4 is 5.95 Å². The van der Waals surface area contributed by atoms with Crippen molar-refractivity contribution in [2.75, 3.05) is 12.3 Å². The largest absolute Gasteiger partial charge is 0.396 e. The van der Waals surface area contributed by atoms with Gasteiger partial charge in [0.15, 0.2) is 0 Å². The summed E-state index contributed by atoms with van der Waals surface area (Å²) in [6.45, 7) is 2.54. The first-order valence-electron chi connectivity index (χ1n) is 4.07. The maximum atomic E-state index is 10.7. The lowest BCUT2D eigenvalue weighted by Crippen LogP contribution is -2.19. The van der Waals surface area contributed by atoms with Gasteiger partial charge in [-0.25, -0.2) is 0 Å². The smallest absolute Gasteiger partial charge is 0.274 e. The molecular weight excluding hydrogens is 170 g/mol. The van der Waals surface area contributed by atoms with Crippen LogP contribution < -0.4 is 11.3 Å². The third-order valence-electron chi connectivity index (χ3n) is 1.74. The molecule has 3 N–H and O–H groups in total. The minimum atomic E-state index is -0.342. The molecule has 1 aromatic heterocycles. The number of hydrogen-bond donors (Lipinski definition) is 2. The van der Waals surface area contributed by atoms with E-state index in [0.717, 1.165) is 0 Å².